The van der Waals surface area contributed by atoms with E-state index < -0.39 is 17.5 Å². The zero-order chi connectivity index (χ0) is 24.6. The van der Waals surface area contributed by atoms with Gasteiger partial charge >= 0.3 is 5.63 Å². The molecule has 1 atom stereocenters. The summed E-state index contributed by atoms with van der Waals surface area (Å²) in [6.45, 7) is 6.16. The zero-order valence-electron chi connectivity index (χ0n) is 20.3. The number of nitrogens with one attached hydrogen (secondary N) is 1. The molecular weight excluding hydrogens is 444 g/mol. The Kier molecular flexibility index (Phi) is 8.55. The number of carbonyl (C=O) groups is 1. The Morgan fingerprint density at radius 1 is 1.14 bits per heavy atom. The standard InChI is InChI=1S/C28H34N2O5/c1-20-5-12-26-23(17-20)19-24(28(32)35-26)18-22(27(31)29-33)9-6-21-7-10-25(11-8-21)34-16-4-15-30-13-2-3-14-30/h5,7-8,10-12,17,19,22,33H,2-4,6,9,13-16,18H2,1H3,(H,29,31). The predicted octanol–water partition coefficient (Wildman–Crippen LogP) is 4.26. The Morgan fingerprint density at radius 2 is 1.91 bits per heavy atom. The van der Waals surface area contributed by atoms with Crippen LogP contribution in [0.2, 0.25) is 0 Å². The molecule has 0 bridgehead atoms. The lowest BCUT2D eigenvalue weighted by Gasteiger charge is -2.15. The Bertz CT molecular complexity index is 1180. The number of ether oxygens (including phenoxy) is 1. The topological polar surface area (TPSA) is 92.0 Å². The fourth-order valence-corrected chi connectivity index (χ4v) is 4.69. The van der Waals surface area contributed by atoms with Crippen molar-refractivity contribution < 1.29 is 19.2 Å². The molecule has 7 heteroatoms. The minimum Gasteiger partial charge on any atom is -0.494 e. The fourth-order valence-electron chi connectivity index (χ4n) is 4.69. The van der Waals surface area contributed by atoms with Crippen LogP contribution in [0.15, 0.2) is 57.7 Å². The van der Waals surface area contributed by atoms with Crippen LogP contribution < -0.4 is 15.8 Å². The van der Waals surface area contributed by atoms with Gasteiger partial charge in [0.15, 0.2) is 0 Å². The van der Waals surface area contributed by atoms with Crippen LogP contribution in [0.5, 0.6) is 5.75 Å². The Balaban J connectivity index is 1.32. The predicted molar refractivity (Wildman–Crippen MR) is 135 cm³/mol. The van der Waals surface area contributed by atoms with Gasteiger partial charge < -0.3 is 14.1 Å². The Labute approximate surface area is 205 Å². The first kappa shape index (κ1) is 24.9. The molecule has 0 radical (unpaired) electrons. The van der Waals surface area contributed by atoms with E-state index in [9.17, 15) is 14.8 Å². The summed E-state index contributed by atoms with van der Waals surface area (Å²) in [5.74, 6) is -0.234. The number of amides is 1. The monoisotopic (exact) mass is 478 g/mol. The van der Waals surface area contributed by atoms with Crippen LogP contribution in [-0.4, -0.2) is 42.3 Å². The van der Waals surface area contributed by atoms with Crippen molar-refractivity contribution in [2.24, 2.45) is 5.92 Å². The number of aryl methyl sites for hydroxylation is 2. The van der Waals surface area contributed by atoms with Gasteiger partial charge in [-0.25, -0.2) is 10.3 Å². The Hall–Kier alpha value is -3.16. The summed E-state index contributed by atoms with van der Waals surface area (Å²) in [6, 6.07) is 15.3. The first-order valence-corrected chi connectivity index (χ1v) is 12.4. The van der Waals surface area contributed by atoms with Crippen LogP contribution in [0.25, 0.3) is 11.0 Å². The normalized spacial score (nSPS) is 14.8. The summed E-state index contributed by atoms with van der Waals surface area (Å²) in [6.07, 6.45) is 4.93. The maximum absolute atomic E-state index is 12.5. The van der Waals surface area contributed by atoms with E-state index in [1.54, 1.807) is 17.6 Å². The summed E-state index contributed by atoms with van der Waals surface area (Å²) in [4.78, 5) is 27.3. The molecule has 2 N–H and O–H groups in total. The maximum atomic E-state index is 12.5. The lowest BCUT2D eigenvalue weighted by atomic mass is 9.92. The van der Waals surface area contributed by atoms with Gasteiger partial charge in [-0.2, -0.15) is 0 Å². The van der Waals surface area contributed by atoms with E-state index in [4.69, 9.17) is 9.15 Å². The van der Waals surface area contributed by atoms with Crippen molar-refractivity contribution in [1.82, 2.24) is 10.4 Å². The average Bonchev–Trinajstić information content (AvgIpc) is 3.39. The molecular formula is C28H34N2O5. The van der Waals surface area contributed by atoms with Gasteiger partial charge in [0.2, 0.25) is 5.91 Å². The minimum atomic E-state index is -0.563. The number of carbonyl (C=O) groups excluding carboxylic acids is 1. The molecule has 1 unspecified atom stereocenters. The fraction of sp³-hybridized carbons (Fsp3) is 0.429. The summed E-state index contributed by atoms with van der Waals surface area (Å²) >= 11 is 0. The molecule has 1 fully saturated rings. The van der Waals surface area contributed by atoms with E-state index >= 15 is 0 Å². The largest absolute Gasteiger partial charge is 0.494 e. The lowest BCUT2D eigenvalue weighted by molar-refractivity contribution is -0.133. The average molecular weight is 479 g/mol. The molecule has 1 amide bonds. The molecule has 0 aliphatic carbocycles. The molecule has 0 spiro atoms. The maximum Gasteiger partial charge on any atom is 0.339 e. The second kappa shape index (κ2) is 12.0. The summed E-state index contributed by atoms with van der Waals surface area (Å²) in [7, 11) is 0. The van der Waals surface area contributed by atoms with Gasteiger partial charge in [0.1, 0.15) is 11.3 Å². The summed E-state index contributed by atoms with van der Waals surface area (Å²) in [5.41, 5.74) is 4.36. The molecule has 35 heavy (non-hydrogen) atoms. The van der Waals surface area contributed by atoms with Crippen LogP contribution in [0.1, 0.15) is 42.4 Å². The first-order chi connectivity index (χ1) is 17.0. The van der Waals surface area contributed by atoms with Crippen LogP contribution in [-0.2, 0) is 17.6 Å². The minimum absolute atomic E-state index is 0.191. The third kappa shape index (κ3) is 6.93. The highest BCUT2D eigenvalue weighted by molar-refractivity contribution is 5.79. The molecule has 1 saturated heterocycles. The number of hydrogen-bond donors (Lipinski definition) is 2. The van der Waals surface area contributed by atoms with E-state index in [2.05, 4.69) is 4.90 Å². The van der Waals surface area contributed by atoms with Crippen molar-refractivity contribution in [2.45, 2.75) is 45.4 Å². The van der Waals surface area contributed by atoms with Crippen molar-refractivity contribution >= 4 is 16.9 Å². The van der Waals surface area contributed by atoms with E-state index in [1.165, 1.54) is 25.9 Å². The van der Waals surface area contributed by atoms with Gasteiger partial charge in [-0.1, -0.05) is 23.8 Å². The molecule has 4 rings (SSSR count). The third-order valence-corrected chi connectivity index (χ3v) is 6.70. The van der Waals surface area contributed by atoms with Gasteiger partial charge in [-0.3, -0.25) is 10.0 Å². The zero-order valence-corrected chi connectivity index (χ0v) is 20.3. The number of likely N-dealkylation sites (tertiary alicyclic amines) is 1. The number of benzene rings is 2. The third-order valence-electron chi connectivity index (χ3n) is 6.70. The van der Waals surface area contributed by atoms with E-state index in [1.807, 2.05) is 43.3 Å². The Morgan fingerprint density at radius 3 is 2.66 bits per heavy atom. The number of hydrogen-bond acceptors (Lipinski definition) is 6. The van der Waals surface area contributed by atoms with Crippen LogP contribution in [0.3, 0.4) is 0 Å². The SMILES string of the molecule is Cc1ccc2oc(=O)c(CC(CCc3ccc(OCCCN4CCCC4)cc3)C(=O)NO)cc2c1. The van der Waals surface area contributed by atoms with E-state index in [-0.39, 0.29) is 6.42 Å². The van der Waals surface area contributed by atoms with Gasteiger partial charge in [0.05, 0.1) is 6.61 Å². The van der Waals surface area contributed by atoms with Crippen molar-refractivity contribution in [3.8, 4) is 5.75 Å². The van der Waals surface area contributed by atoms with Gasteiger partial charge in [0.25, 0.3) is 0 Å². The smallest absolute Gasteiger partial charge is 0.339 e. The molecule has 0 saturated carbocycles. The summed E-state index contributed by atoms with van der Waals surface area (Å²) in [5, 5.41) is 10.1. The number of rotatable bonds is 11. The van der Waals surface area contributed by atoms with Gasteiger partial charge in [-0.15, -0.1) is 0 Å². The van der Waals surface area contributed by atoms with Crippen LogP contribution in [0.4, 0.5) is 0 Å². The molecule has 2 heterocycles. The number of nitrogens with zero attached hydrogens (tertiary/aromatic N) is 1. The van der Waals surface area contributed by atoms with Crippen molar-refractivity contribution in [3.05, 3.63) is 75.6 Å². The molecule has 3 aromatic rings. The lowest BCUT2D eigenvalue weighted by Crippen LogP contribution is -2.31. The highest BCUT2D eigenvalue weighted by Crippen LogP contribution is 2.21. The second-order valence-electron chi connectivity index (χ2n) is 9.41. The van der Waals surface area contributed by atoms with Crippen molar-refractivity contribution in [2.75, 3.05) is 26.2 Å². The van der Waals surface area contributed by atoms with Crippen LogP contribution >= 0.6 is 0 Å². The summed E-state index contributed by atoms with van der Waals surface area (Å²) < 4.78 is 11.3. The molecule has 1 aliphatic rings. The van der Waals surface area contributed by atoms with E-state index in [0.717, 1.165) is 35.2 Å². The first-order valence-electron chi connectivity index (χ1n) is 12.4. The van der Waals surface area contributed by atoms with Crippen molar-refractivity contribution in [1.29, 1.82) is 0 Å². The quantitative estimate of drug-likeness (QED) is 0.185. The van der Waals surface area contributed by atoms with Gasteiger partial charge in [0, 0.05) is 23.4 Å². The van der Waals surface area contributed by atoms with Crippen molar-refractivity contribution in [3.63, 3.8) is 0 Å². The second-order valence-corrected chi connectivity index (χ2v) is 9.41. The highest BCUT2D eigenvalue weighted by atomic mass is 16.5. The molecule has 2 aromatic carbocycles. The molecule has 186 valence electrons. The molecule has 1 aromatic heterocycles. The number of hydroxylamine groups is 1. The van der Waals surface area contributed by atoms with Gasteiger partial charge in [-0.05, 0) is 94.4 Å². The highest BCUT2D eigenvalue weighted by Gasteiger charge is 2.21. The van der Waals surface area contributed by atoms with E-state index in [0.29, 0.717) is 30.6 Å². The molecule has 1 aliphatic heterocycles. The van der Waals surface area contributed by atoms with Crippen LogP contribution in [0, 0.1) is 12.8 Å². The number of fused-ring (bicyclic) bond motifs is 1. The molecule has 7 nitrogen and oxygen atoms in total.